The number of benzene rings is 1. The molecule has 3 N–H and O–H groups in total. The molecule has 1 aromatic carbocycles. The Morgan fingerprint density at radius 3 is 2.81 bits per heavy atom. The molecular weight excluding hydrogens is 206 g/mol. The van der Waals surface area contributed by atoms with Crippen molar-refractivity contribution in [3.8, 4) is 5.75 Å². The average molecular weight is 221 g/mol. The van der Waals surface area contributed by atoms with Gasteiger partial charge in [-0.3, -0.25) is 0 Å². The van der Waals surface area contributed by atoms with Crippen molar-refractivity contribution in [3.63, 3.8) is 0 Å². The molecule has 1 aromatic rings. The van der Waals surface area contributed by atoms with Gasteiger partial charge in [0.2, 0.25) is 0 Å². The first-order chi connectivity index (χ1) is 7.59. The summed E-state index contributed by atoms with van der Waals surface area (Å²) in [5.41, 5.74) is 7.79. The van der Waals surface area contributed by atoms with E-state index in [-0.39, 0.29) is 6.10 Å². The number of ether oxygens (including phenoxy) is 1. The Labute approximate surface area is 94.3 Å². The summed E-state index contributed by atoms with van der Waals surface area (Å²) >= 11 is 0. The normalized spacial score (nSPS) is 10.7. The second kappa shape index (κ2) is 5.75. The monoisotopic (exact) mass is 221 g/mol. The van der Waals surface area contributed by atoms with Crippen molar-refractivity contribution in [2.24, 2.45) is 10.8 Å². The molecule has 0 aliphatic carbocycles. The van der Waals surface area contributed by atoms with Gasteiger partial charge in [-0.05, 0) is 26.0 Å². The molecule has 0 saturated carbocycles. The van der Waals surface area contributed by atoms with E-state index < -0.39 is 6.03 Å². The van der Waals surface area contributed by atoms with E-state index in [9.17, 15) is 4.79 Å². The number of primary amides is 1. The van der Waals surface area contributed by atoms with Gasteiger partial charge in [-0.25, -0.2) is 10.2 Å². The number of rotatable bonds is 4. The van der Waals surface area contributed by atoms with Gasteiger partial charge in [0.15, 0.2) is 0 Å². The van der Waals surface area contributed by atoms with Crippen molar-refractivity contribution in [1.82, 2.24) is 5.43 Å². The van der Waals surface area contributed by atoms with Crippen LogP contribution in [-0.2, 0) is 0 Å². The third-order valence-electron chi connectivity index (χ3n) is 1.66. The predicted octanol–water partition coefficient (Wildman–Crippen LogP) is 1.48. The maximum absolute atomic E-state index is 10.4. The first-order valence-corrected chi connectivity index (χ1v) is 4.94. The first kappa shape index (κ1) is 12.0. The number of hydrogen-bond acceptors (Lipinski definition) is 3. The minimum Gasteiger partial charge on any atom is -0.490 e. The molecule has 0 aliphatic heterocycles. The topological polar surface area (TPSA) is 76.7 Å². The Bertz CT molecular complexity index is 389. The van der Waals surface area contributed by atoms with Crippen LogP contribution in [0.5, 0.6) is 5.75 Å². The number of hydrogen-bond donors (Lipinski definition) is 2. The van der Waals surface area contributed by atoms with E-state index in [1.165, 1.54) is 6.21 Å². The summed E-state index contributed by atoms with van der Waals surface area (Å²) in [6.45, 7) is 3.88. The second-order valence-corrected chi connectivity index (χ2v) is 3.44. The van der Waals surface area contributed by atoms with Crippen molar-refractivity contribution < 1.29 is 9.53 Å². The Morgan fingerprint density at radius 2 is 2.19 bits per heavy atom. The largest absolute Gasteiger partial charge is 0.490 e. The van der Waals surface area contributed by atoms with Gasteiger partial charge in [0.05, 0.1) is 12.3 Å². The molecular formula is C11H15N3O2. The molecule has 16 heavy (non-hydrogen) atoms. The highest BCUT2D eigenvalue weighted by Gasteiger charge is 2.02. The Balaban J connectivity index is 2.78. The molecule has 5 heteroatoms. The lowest BCUT2D eigenvalue weighted by Gasteiger charge is -2.11. The van der Waals surface area contributed by atoms with Crippen LogP contribution in [-0.4, -0.2) is 18.3 Å². The van der Waals surface area contributed by atoms with Crippen LogP contribution in [0.25, 0.3) is 0 Å². The molecule has 0 fully saturated rings. The fourth-order valence-electron chi connectivity index (χ4n) is 1.11. The lowest BCUT2D eigenvalue weighted by molar-refractivity contribution is 0.242. The van der Waals surface area contributed by atoms with E-state index in [0.717, 1.165) is 5.56 Å². The van der Waals surface area contributed by atoms with E-state index in [1.807, 2.05) is 38.1 Å². The van der Waals surface area contributed by atoms with Crippen LogP contribution in [0.3, 0.4) is 0 Å². The molecule has 2 amide bonds. The molecule has 0 aliphatic rings. The van der Waals surface area contributed by atoms with Gasteiger partial charge in [-0.1, -0.05) is 12.1 Å². The molecule has 0 heterocycles. The van der Waals surface area contributed by atoms with Crippen molar-refractivity contribution in [2.75, 3.05) is 0 Å². The SMILES string of the molecule is CC(C)Oc1ccccc1C=NNC(N)=O. The van der Waals surface area contributed by atoms with Gasteiger partial charge in [0.1, 0.15) is 5.75 Å². The summed E-state index contributed by atoms with van der Waals surface area (Å²) in [5, 5.41) is 3.68. The predicted molar refractivity (Wildman–Crippen MR) is 62.5 cm³/mol. The van der Waals surface area contributed by atoms with Crippen molar-refractivity contribution in [3.05, 3.63) is 29.8 Å². The van der Waals surface area contributed by atoms with Gasteiger partial charge >= 0.3 is 6.03 Å². The van der Waals surface area contributed by atoms with E-state index in [4.69, 9.17) is 10.5 Å². The maximum Gasteiger partial charge on any atom is 0.332 e. The Hall–Kier alpha value is -2.04. The quantitative estimate of drug-likeness (QED) is 0.596. The smallest absolute Gasteiger partial charge is 0.332 e. The van der Waals surface area contributed by atoms with Gasteiger partial charge in [0.25, 0.3) is 0 Å². The van der Waals surface area contributed by atoms with Crippen LogP contribution in [0.15, 0.2) is 29.4 Å². The average Bonchev–Trinajstić information content (AvgIpc) is 2.19. The van der Waals surface area contributed by atoms with Crippen LogP contribution in [0.1, 0.15) is 19.4 Å². The Morgan fingerprint density at radius 1 is 1.50 bits per heavy atom. The third-order valence-corrected chi connectivity index (χ3v) is 1.66. The van der Waals surface area contributed by atoms with Crippen LogP contribution in [0.4, 0.5) is 4.79 Å². The minimum atomic E-state index is -0.696. The number of para-hydroxylation sites is 1. The summed E-state index contributed by atoms with van der Waals surface area (Å²) < 4.78 is 5.57. The molecule has 0 aromatic heterocycles. The molecule has 1 rings (SSSR count). The van der Waals surface area contributed by atoms with E-state index in [2.05, 4.69) is 10.5 Å². The van der Waals surface area contributed by atoms with E-state index in [1.54, 1.807) is 0 Å². The van der Waals surface area contributed by atoms with Crippen molar-refractivity contribution >= 4 is 12.2 Å². The maximum atomic E-state index is 10.4. The van der Waals surface area contributed by atoms with Crippen molar-refractivity contribution in [1.29, 1.82) is 0 Å². The number of hydrazone groups is 1. The van der Waals surface area contributed by atoms with Crippen LogP contribution < -0.4 is 15.9 Å². The lowest BCUT2D eigenvalue weighted by Crippen LogP contribution is -2.24. The number of urea groups is 1. The number of nitrogens with zero attached hydrogens (tertiary/aromatic N) is 1. The number of nitrogens with one attached hydrogen (secondary N) is 1. The van der Waals surface area contributed by atoms with E-state index >= 15 is 0 Å². The molecule has 0 unspecified atom stereocenters. The van der Waals surface area contributed by atoms with Crippen LogP contribution >= 0.6 is 0 Å². The second-order valence-electron chi connectivity index (χ2n) is 3.44. The molecule has 5 nitrogen and oxygen atoms in total. The highest BCUT2D eigenvalue weighted by molar-refractivity contribution is 5.84. The fraction of sp³-hybridized carbons (Fsp3) is 0.273. The molecule has 0 saturated heterocycles. The summed E-state index contributed by atoms with van der Waals surface area (Å²) in [4.78, 5) is 10.4. The summed E-state index contributed by atoms with van der Waals surface area (Å²) in [7, 11) is 0. The van der Waals surface area contributed by atoms with Gasteiger partial charge in [-0.2, -0.15) is 5.10 Å². The zero-order chi connectivity index (χ0) is 12.0. The van der Waals surface area contributed by atoms with Gasteiger partial charge < -0.3 is 10.5 Å². The molecule has 0 atom stereocenters. The first-order valence-electron chi connectivity index (χ1n) is 4.94. The number of nitrogens with two attached hydrogens (primary N) is 1. The summed E-state index contributed by atoms with van der Waals surface area (Å²) in [6.07, 6.45) is 1.57. The van der Waals surface area contributed by atoms with Crippen LogP contribution in [0.2, 0.25) is 0 Å². The highest BCUT2D eigenvalue weighted by Crippen LogP contribution is 2.17. The molecule has 0 radical (unpaired) electrons. The molecule has 0 bridgehead atoms. The van der Waals surface area contributed by atoms with Gasteiger partial charge in [-0.15, -0.1) is 0 Å². The molecule has 86 valence electrons. The number of carbonyl (C=O) groups excluding carboxylic acids is 1. The minimum absolute atomic E-state index is 0.0821. The highest BCUT2D eigenvalue weighted by atomic mass is 16.5. The zero-order valence-corrected chi connectivity index (χ0v) is 9.31. The lowest BCUT2D eigenvalue weighted by atomic mass is 10.2. The standard InChI is InChI=1S/C11H15N3O2/c1-8(2)16-10-6-4-3-5-9(10)7-13-14-11(12)15/h3-8H,1-2H3,(H3,12,14,15). The van der Waals surface area contributed by atoms with Crippen LogP contribution in [0, 0.1) is 0 Å². The number of amides is 2. The fourth-order valence-corrected chi connectivity index (χ4v) is 1.11. The summed E-state index contributed by atoms with van der Waals surface area (Å²) in [6, 6.07) is 6.71. The van der Waals surface area contributed by atoms with Crippen molar-refractivity contribution in [2.45, 2.75) is 20.0 Å². The summed E-state index contributed by atoms with van der Waals surface area (Å²) in [5.74, 6) is 0.715. The Kier molecular flexibility index (Phi) is 4.32. The third kappa shape index (κ3) is 4.00. The molecule has 0 spiro atoms. The van der Waals surface area contributed by atoms with E-state index in [0.29, 0.717) is 5.75 Å². The number of carbonyl (C=O) groups is 1. The zero-order valence-electron chi connectivity index (χ0n) is 9.31. The van der Waals surface area contributed by atoms with Gasteiger partial charge in [0, 0.05) is 5.56 Å².